The van der Waals surface area contributed by atoms with Crippen LogP contribution in [0.15, 0.2) is 0 Å². The van der Waals surface area contributed by atoms with Crippen molar-refractivity contribution in [3.63, 3.8) is 0 Å². The van der Waals surface area contributed by atoms with Gasteiger partial charge in [0.2, 0.25) is 0 Å². The molecular weight excluding hydrogens is 290 g/mol. The number of nitrogens with one attached hydrogen (secondary N) is 3. The van der Waals surface area contributed by atoms with Crippen molar-refractivity contribution in [1.82, 2.24) is 10.6 Å². The van der Waals surface area contributed by atoms with E-state index in [2.05, 4.69) is 10.6 Å². The molecule has 9 heteroatoms. The van der Waals surface area contributed by atoms with E-state index in [0.29, 0.717) is 19.4 Å². The van der Waals surface area contributed by atoms with Gasteiger partial charge in [-0.3, -0.25) is 15.0 Å². The zero-order chi connectivity index (χ0) is 17.3. The van der Waals surface area contributed by atoms with E-state index in [9.17, 15) is 9.59 Å². The SMILES string of the molecule is CC(C)(C)OC(=O)C(N)CN[C@@H](CCCNC(=N)N)C(=O)O. The second-order valence-corrected chi connectivity index (χ2v) is 5.92. The Morgan fingerprint density at radius 2 is 1.95 bits per heavy atom. The first-order valence-corrected chi connectivity index (χ1v) is 7.05. The average Bonchev–Trinajstić information content (AvgIpc) is 2.34. The van der Waals surface area contributed by atoms with Crippen LogP contribution in [-0.2, 0) is 14.3 Å². The molecule has 0 rings (SSSR count). The maximum absolute atomic E-state index is 11.7. The Hall–Kier alpha value is -1.87. The number of rotatable bonds is 9. The second-order valence-electron chi connectivity index (χ2n) is 5.92. The van der Waals surface area contributed by atoms with E-state index in [1.165, 1.54) is 0 Å². The first-order valence-electron chi connectivity index (χ1n) is 7.05. The van der Waals surface area contributed by atoms with Gasteiger partial charge in [-0.15, -0.1) is 0 Å². The maximum atomic E-state index is 11.7. The van der Waals surface area contributed by atoms with Gasteiger partial charge in [-0.05, 0) is 33.6 Å². The lowest BCUT2D eigenvalue weighted by Gasteiger charge is -2.23. The smallest absolute Gasteiger partial charge is 0.324 e. The van der Waals surface area contributed by atoms with Crippen molar-refractivity contribution < 1.29 is 19.4 Å². The fourth-order valence-corrected chi connectivity index (χ4v) is 1.57. The number of hydrogen-bond acceptors (Lipinski definition) is 6. The molecule has 9 nitrogen and oxygen atoms in total. The number of hydrogen-bond donors (Lipinski definition) is 6. The topological polar surface area (TPSA) is 164 Å². The van der Waals surface area contributed by atoms with E-state index in [1.807, 2.05) is 0 Å². The van der Waals surface area contributed by atoms with Crippen LogP contribution in [0.5, 0.6) is 0 Å². The summed E-state index contributed by atoms with van der Waals surface area (Å²) in [7, 11) is 0. The zero-order valence-electron chi connectivity index (χ0n) is 13.3. The molecule has 0 saturated heterocycles. The number of guanidine groups is 1. The minimum absolute atomic E-state index is 0.00597. The molecule has 0 aromatic rings. The summed E-state index contributed by atoms with van der Waals surface area (Å²) >= 11 is 0. The van der Waals surface area contributed by atoms with E-state index >= 15 is 0 Å². The van der Waals surface area contributed by atoms with Gasteiger partial charge in [0.1, 0.15) is 17.7 Å². The fraction of sp³-hybridized carbons (Fsp3) is 0.769. The van der Waals surface area contributed by atoms with Crippen molar-refractivity contribution in [1.29, 1.82) is 5.41 Å². The lowest BCUT2D eigenvalue weighted by atomic mass is 10.1. The second kappa shape index (κ2) is 9.21. The van der Waals surface area contributed by atoms with Gasteiger partial charge in [0.15, 0.2) is 5.96 Å². The molecular formula is C13H27N5O4. The van der Waals surface area contributed by atoms with Crippen molar-refractivity contribution in [3.8, 4) is 0 Å². The molecule has 1 unspecified atom stereocenters. The first kappa shape index (κ1) is 20.1. The Kier molecular flexibility index (Phi) is 8.43. The number of carboxylic acids is 1. The molecule has 0 aliphatic carbocycles. The predicted octanol–water partition coefficient (Wildman–Crippen LogP) is -1.04. The molecule has 22 heavy (non-hydrogen) atoms. The fourth-order valence-electron chi connectivity index (χ4n) is 1.57. The van der Waals surface area contributed by atoms with Crippen LogP contribution in [0.4, 0.5) is 0 Å². The van der Waals surface area contributed by atoms with Gasteiger partial charge in [0.25, 0.3) is 0 Å². The highest BCUT2D eigenvalue weighted by molar-refractivity contribution is 5.77. The van der Waals surface area contributed by atoms with E-state index in [4.69, 9.17) is 26.7 Å². The lowest BCUT2D eigenvalue weighted by Crippen LogP contribution is -2.48. The van der Waals surface area contributed by atoms with Crippen molar-refractivity contribution in [2.75, 3.05) is 13.1 Å². The summed E-state index contributed by atoms with van der Waals surface area (Å²) in [6.45, 7) is 5.60. The number of carbonyl (C=O) groups excluding carboxylic acids is 1. The minimum atomic E-state index is -1.03. The highest BCUT2D eigenvalue weighted by Crippen LogP contribution is 2.07. The summed E-state index contributed by atoms with van der Waals surface area (Å²) in [5.41, 5.74) is 10.2. The third kappa shape index (κ3) is 9.94. The average molecular weight is 317 g/mol. The number of esters is 1. The Balaban J connectivity index is 4.21. The summed E-state index contributed by atoms with van der Waals surface area (Å²) in [5.74, 6) is -1.77. The summed E-state index contributed by atoms with van der Waals surface area (Å²) < 4.78 is 5.12. The van der Waals surface area contributed by atoms with Crippen molar-refractivity contribution >= 4 is 17.9 Å². The lowest BCUT2D eigenvalue weighted by molar-refractivity contribution is -0.156. The monoisotopic (exact) mass is 317 g/mol. The number of nitrogens with two attached hydrogens (primary N) is 2. The molecule has 2 atom stereocenters. The maximum Gasteiger partial charge on any atom is 0.324 e. The molecule has 0 aromatic carbocycles. The highest BCUT2D eigenvalue weighted by Gasteiger charge is 2.24. The van der Waals surface area contributed by atoms with Crippen LogP contribution in [0.25, 0.3) is 0 Å². The van der Waals surface area contributed by atoms with Crippen LogP contribution in [0.2, 0.25) is 0 Å². The molecule has 8 N–H and O–H groups in total. The van der Waals surface area contributed by atoms with E-state index in [-0.39, 0.29) is 12.5 Å². The van der Waals surface area contributed by atoms with Crippen LogP contribution in [-0.4, -0.2) is 53.8 Å². The van der Waals surface area contributed by atoms with Crippen molar-refractivity contribution in [2.24, 2.45) is 11.5 Å². The van der Waals surface area contributed by atoms with E-state index in [1.54, 1.807) is 20.8 Å². The Morgan fingerprint density at radius 1 is 1.36 bits per heavy atom. The highest BCUT2D eigenvalue weighted by atomic mass is 16.6. The molecule has 0 aliphatic rings. The van der Waals surface area contributed by atoms with Gasteiger partial charge in [-0.25, -0.2) is 0 Å². The number of ether oxygens (including phenoxy) is 1. The molecule has 0 heterocycles. The summed E-state index contributed by atoms with van der Waals surface area (Å²) in [5, 5.41) is 21.4. The van der Waals surface area contributed by atoms with E-state index < -0.39 is 29.6 Å². The van der Waals surface area contributed by atoms with Crippen molar-refractivity contribution in [3.05, 3.63) is 0 Å². The van der Waals surface area contributed by atoms with Gasteiger partial charge in [-0.1, -0.05) is 0 Å². The third-order valence-corrected chi connectivity index (χ3v) is 2.58. The van der Waals surface area contributed by atoms with Crippen LogP contribution < -0.4 is 22.1 Å². The minimum Gasteiger partial charge on any atom is -0.480 e. The number of carbonyl (C=O) groups is 2. The number of aliphatic carboxylic acids is 1. The predicted molar refractivity (Wildman–Crippen MR) is 82.4 cm³/mol. The van der Waals surface area contributed by atoms with E-state index in [0.717, 1.165) is 0 Å². The van der Waals surface area contributed by atoms with Crippen LogP contribution in [0.3, 0.4) is 0 Å². The summed E-state index contributed by atoms with van der Waals surface area (Å²) in [6, 6.07) is -1.77. The van der Waals surface area contributed by atoms with Crippen LogP contribution >= 0.6 is 0 Å². The van der Waals surface area contributed by atoms with Crippen LogP contribution in [0, 0.1) is 5.41 Å². The largest absolute Gasteiger partial charge is 0.480 e. The molecule has 0 amide bonds. The molecule has 0 saturated carbocycles. The Bertz CT molecular complexity index is 394. The summed E-state index contributed by atoms with van der Waals surface area (Å²) in [4.78, 5) is 22.8. The molecule has 128 valence electrons. The molecule has 0 bridgehead atoms. The molecule has 0 radical (unpaired) electrons. The van der Waals surface area contributed by atoms with Crippen LogP contribution in [0.1, 0.15) is 33.6 Å². The normalized spacial score (nSPS) is 14.0. The van der Waals surface area contributed by atoms with Gasteiger partial charge >= 0.3 is 11.9 Å². The van der Waals surface area contributed by atoms with Gasteiger partial charge in [-0.2, -0.15) is 0 Å². The third-order valence-electron chi connectivity index (χ3n) is 2.58. The molecule has 0 aliphatic heterocycles. The van der Waals surface area contributed by atoms with Gasteiger partial charge in [0.05, 0.1) is 0 Å². The standard InChI is InChI=1S/C13H27N5O4/c1-13(2,3)22-11(21)8(14)7-18-9(10(19)20)5-4-6-17-12(15)16/h8-9,18H,4-7,14H2,1-3H3,(H,19,20)(H4,15,16,17)/t8?,9-/m0/s1. The van der Waals surface area contributed by atoms with Crippen molar-refractivity contribution in [2.45, 2.75) is 51.3 Å². The Labute approximate surface area is 130 Å². The quantitative estimate of drug-likeness (QED) is 0.136. The Morgan fingerprint density at radius 3 is 2.41 bits per heavy atom. The summed E-state index contributed by atoms with van der Waals surface area (Å²) in [6.07, 6.45) is 0.821. The zero-order valence-corrected chi connectivity index (χ0v) is 13.3. The molecule has 0 aromatic heterocycles. The first-order chi connectivity index (χ1) is 10.0. The molecule has 0 fully saturated rings. The number of carboxylic acid groups (broad SMARTS) is 1. The van der Waals surface area contributed by atoms with Gasteiger partial charge < -0.3 is 31.9 Å². The molecule has 0 spiro atoms. The van der Waals surface area contributed by atoms with Gasteiger partial charge in [0, 0.05) is 13.1 Å².